The van der Waals surface area contributed by atoms with Crippen molar-refractivity contribution in [2.24, 2.45) is 5.92 Å². The molecule has 2 aromatic rings. The van der Waals surface area contributed by atoms with Gasteiger partial charge in [-0.1, -0.05) is 23.7 Å². The number of anilines is 2. The summed E-state index contributed by atoms with van der Waals surface area (Å²) in [6.07, 6.45) is 2.44. The van der Waals surface area contributed by atoms with Crippen molar-refractivity contribution in [1.82, 2.24) is 4.90 Å². The van der Waals surface area contributed by atoms with E-state index in [0.717, 1.165) is 24.1 Å². The highest BCUT2D eigenvalue weighted by Gasteiger charge is 2.37. The smallest absolute Gasteiger partial charge is 0.230 e. The minimum absolute atomic E-state index is 0.0701. The van der Waals surface area contributed by atoms with Crippen molar-refractivity contribution in [3.05, 3.63) is 51.5 Å². The monoisotopic (exact) mass is 579 g/mol. The number of benzene rings is 2. The van der Waals surface area contributed by atoms with E-state index in [2.05, 4.69) is 20.8 Å². The minimum Gasteiger partial charge on any atom is -0.367 e. The van der Waals surface area contributed by atoms with Gasteiger partial charge < -0.3 is 14.7 Å². The average molecular weight is 581 g/mol. The van der Waals surface area contributed by atoms with Gasteiger partial charge in [0, 0.05) is 55.2 Å². The second kappa shape index (κ2) is 9.75. The van der Waals surface area contributed by atoms with Crippen molar-refractivity contribution in [3.63, 3.8) is 0 Å². The zero-order valence-electron chi connectivity index (χ0n) is 19.3. The molecule has 0 bridgehead atoms. The van der Waals surface area contributed by atoms with Crippen LogP contribution in [0.4, 0.5) is 11.4 Å². The Balaban J connectivity index is 1.22. The molecule has 0 unspecified atom stereocenters. The van der Waals surface area contributed by atoms with Crippen molar-refractivity contribution < 1.29 is 18.0 Å². The van der Waals surface area contributed by atoms with Crippen molar-refractivity contribution >= 4 is 60.6 Å². The van der Waals surface area contributed by atoms with Crippen LogP contribution >= 0.6 is 27.5 Å². The number of carbonyl (C=O) groups excluding carboxylic acids is 2. The molecule has 0 aromatic heterocycles. The lowest BCUT2D eigenvalue weighted by Gasteiger charge is -2.36. The SMILES string of the molecule is O=C(CCS(=O)(=O)c1cc2c(cc1Br)CCN2C(=O)C1CC1)N1CCN(c2ccccc2Cl)CC1. The van der Waals surface area contributed by atoms with Gasteiger partial charge in [0.25, 0.3) is 0 Å². The van der Waals surface area contributed by atoms with E-state index >= 15 is 0 Å². The fraction of sp³-hybridized carbons (Fsp3) is 0.440. The summed E-state index contributed by atoms with van der Waals surface area (Å²) in [5.41, 5.74) is 2.60. The number of sulfone groups is 1. The number of carbonyl (C=O) groups is 2. The maximum absolute atomic E-state index is 13.2. The first-order chi connectivity index (χ1) is 16.7. The summed E-state index contributed by atoms with van der Waals surface area (Å²) >= 11 is 9.70. The van der Waals surface area contributed by atoms with Gasteiger partial charge in [-0.15, -0.1) is 0 Å². The molecule has 0 spiro atoms. The second-order valence-electron chi connectivity index (χ2n) is 9.31. The zero-order valence-corrected chi connectivity index (χ0v) is 22.4. The molecule has 5 rings (SSSR count). The summed E-state index contributed by atoms with van der Waals surface area (Å²) in [5, 5.41) is 0.677. The van der Waals surface area contributed by atoms with Crippen molar-refractivity contribution in [1.29, 1.82) is 0 Å². The first-order valence-electron chi connectivity index (χ1n) is 11.9. The third-order valence-electron chi connectivity index (χ3n) is 6.97. The van der Waals surface area contributed by atoms with Crippen LogP contribution < -0.4 is 9.80 Å². The highest BCUT2D eigenvalue weighted by molar-refractivity contribution is 9.10. The van der Waals surface area contributed by atoms with Gasteiger partial charge in [0.1, 0.15) is 0 Å². The fourth-order valence-corrected chi connectivity index (χ4v) is 7.50. The van der Waals surface area contributed by atoms with Gasteiger partial charge in [-0.25, -0.2) is 8.42 Å². The Morgan fingerprint density at radius 2 is 1.71 bits per heavy atom. The van der Waals surface area contributed by atoms with Crippen LogP contribution in [0.2, 0.25) is 5.02 Å². The number of amides is 2. The molecule has 1 saturated heterocycles. The van der Waals surface area contributed by atoms with Gasteiger partial charge in [-0.05, 0) is 65.0 Å². The highest BCUT2D eigenvalue weighted by atomic mass is 79.9. The maximum Gasteiger partial charge on any atom is 0.230 e. The first kappa shape index (κ1) is 24.6. The molecule has 10 heteroatoms. The van der Waals surface area contributed by atoms with E-state index in [9.17, 15) is 18.0 Å². The molecule has 3 aliphatic rings. The summed E-state index contributed by atoms with van der Waals surface area (Å²) in [6.45, 7) is 2.90. The molecule has 186 valence electrons. The number of para-hydroxylation sites is 1. The summed E-state index contributed by atoms with van der Waals surface area (Å²) in [5.74, 6) is -0.291. The molecule has 1 saturated carbocycles. The maximum atomic E-state index is 13.2. The lowest BCUT2D eigenvalue weighted by molar-refractivity contribution is -0.131. The number of nitrogens with zero attached hydrogens (tertiary/aromatic N) is 3. The van der Waals surface area contributed by atoms with Gasteiger partial charge in [0.2, 0.25) is 11.8 Å². The molecule has 1 aliphatic carbocycles. The normalized spacial score (nSPS) is 18.1. The first-order valence-corrected chi connectivity index (χ1v) is 14.7. The molecule has 2 aromatic carbocycles. The summed E-state index contributed by atoms with van der Waals surface area (Å²) < 4.78 is 26.9. The summed E-state index contributed by atoms with van der Waals surface area (Å²) in [6, 6.07) is 11.0. The number of hydrogen-bond acceptors (Lipinski definition) is 5. The van der Waals surface area contributed by atoms with Crippen LogP contribution in [-0.4, -0.2) is 63.6 Å². The van der Waals surface area contributed by atoms with Crippen LogP contribution in [0.15, 0.2) is 45.8 Å². The van der Waals surface area contributed by atoms with Crippen molar-refractivity contribution in [2.45, 2.75) is 30.6 Å². The van der Waals surface area contributed by atoms with E-state index in [4.69, 9.17) is 11.6 Å². The molecular formula is C25H27BrClN3O4S. The quantitative estimate of drug-likeness (QED) is 0.518. The number of piperazine rings is 1. The Kier molecular flexibility index (Phi) is 6.85. The Labute approximate surface area is 219 Å². The Morgan fingerprint density at radius 3 is 2.40 bits per heavy atom. The van der Waals surface area contributed by atoms with Crippen LogP contribution in [0.1, 0.15) is 24.8 Å². The third kappa shape index (κ3) is 5.08. The number of halogens is 2. The number of hydrogen-bond donors (Lipinski definition) is 0. The fourth-order valence-electron chi connectivity index (χ4n) is 4.80. The van der Waals surface area contributed by atoms with Crippen molar-refractivity contribution in [2.75, 3.05) is 48.3 Å². The number of fused-ring (bicyclic) bond motifs is 1. The topological polar surface area (TPSA) is 78.0 Å². The largest absolute Gasteiger partial charge is 0.367 e. The van der Waals surface area contributed by atoms with Crippen LogP contribution in [0.3, 0.4) is 0 Å². The molecule has 2 amide bonds. The van der Waals surface area contributed by atoms with Gasteiger partial charge in [-0.3, -0.25) is 9.59 Å². The zero-order chi connectivity index (χ0) is 24.7. The highest BCUT2D eigenvalue weighted by Crippen LogP contribution is 2.39. The van der Waals surface area contributed by atoms with E-state index < -0.39 is 9.84 Å². The molecule has 0 atom stereocenters. The van der Waals surface area contributed by atoms with E-state index in [-0.39, 0.29) is 34.8 Å². The van der Waals surface area contributed by atoms with E-state index in [1.165, 1.54) is 0 Å². The predicted octanol–water partition coefficient (Wildman–Crippen LogP) is 3.91. The summed E-state index contributed by atoms with van der Waals surface area (Å²) in [7, 11) is -3.72. The third-order valence-corrected chi connectivity index (χ3v) is 9.95. The molecule has 35 heavy (non-hydrogen) atoms. The summed E-state index contributed by atoms with van der Waals surface area (Å²) in [4.78, 5) is 31.2. The van der Waals surface area contributed by atoms with Crippen LogP contribution in [0, 0.1) is 5.92 Å². The Hall–Kier alpha value is -2.10. The van der Waals surface area contributed by atoms with Gasteiger partial charge in [-0.2, -0.15) is 0 Å². The molecule has 0 radical (unpaired) electrons. The standard InChI is InChI=1S/C25H27BrClN3O4S/c26-19-15-18-7-9-30(25(32)17-5-6-17)22(18)16-23(19)35(33,34)14-8-24(31)29-12-10-28(11-13-29)21-4-2-1-3-20(21)27/h1-4,15-17H,5-14H2. The number of rotatable bonds is 6. The van der Waals surface area contributed by atoms with Gasteiger partial charge in [0.15, 0.2) is 9.84 Å². The van der Waals surface area contributed by atoms with Crippen LogP contribution in [0.5, 0.6) is 0 Å². The molecule has 2 fully saturated rings. The average Bonchev–Trinajstić information content (AvgIpc) is 3.62. The molecule has 7 nitrogen and oxygen atoms in total. The van der Waals surface area contributed by atoms with Gasteiger partial charge in [0.05, 0.1) is 21.4 Å². The molecule has 2 aliphatic heterocycles. The van der Waals surface area contributed by atoms with Gasteiger partial charge >= 0.3 is 0 Å². The van der Waals surface area contributed by atoms with Crippen LogP contribution in [-0.2, 0) is 25.8 Å². The Morgan fingerprint density at radius 1 is 1.00 bits per heavy atom. The molecule has 0 N–H and O–H groups in total. The minimum atomic E-state index is -3.72. The Bertz CT molecular complexity index is 1270. The van der Waals surface area contributed by atoms with E-state index in [0.29, 0.717) is 54.3 Å². The lowest BCUT2D eigenvalue weighted by atomic mass is 10.2. The van der Waals surface area contributed by atoms with E-state index in [1.54, 1.807) is 21.9 Å². The molecule has 2 heterocycles. The lowest BCUT2D eigenvalue weighted by Crippen LogP contribution is -2.49. The van der Waals surface area contributed by atoms with E-state index in [1.807, 2.05) is 24.3 Å². The van der Waals surface area contributed by atoms with Crippen LogP contribution in [0.25, 0.3) is 0 Å². The second-order valence-corrected chi connectivity index (χ2v) is 12.7. The molecular weight excluding hydrogens is 554 g/mol. The predicted molar refractivity (Wildman–Crippen MR) is 140 cm³/mol. The van der Waals surface area contributed by atoms with Crippen molar-refractivity contribution in [3.8, 4) is 0 Å².